The van der Waals surface area contributed by atoms with Crippen LogP contribution in [0.25, 0.3) is 0 Å². The molecule has 3 rings (SSSR count). The average molecular weight is 399 g/mol. The number of nitrogens with zero attached hydrogens (tertiary/aromatic N) is 4. The number of amides is 2. The van der Waals surface area contributed by atoms with Crippen LogP contribution < -0.4 is 20.3 Å². The van der Waals surface area contributed by atoms with Crippen molar-refractivity contribution in [2.45, 2.75) is 12.8 Å². The number of nitrogens with one attached hydrogen (secondary N) is 2. The number of anilines is 1. The molecule has 1 aliphatic rings. The van der Waals surface area contributed by atoms with Gasteiger partial charge in [0, 0.05) is 51.7 Å². The largest absolute Gasteiger partial charge is 0.494 e. The van der Waals surface area contributed by atoms with E-state index in [1.165, 1.54) is 0 Å². The standard InChI is InChI=1S/C21H30N6O2/c28-21(25-12-6-18-29-19-7-2-1-3-8-19)24-11-5-13-26-14-16-27(17-15-26)20-22-9-4-10-23-20/h1-4,7-10H,5-6,11-18H2,(H2,24,25,28). The lowest BCUT2D eigenvalue weighted by Crippen LogP contribution is -2.47. The smallest absolute Gasteiger partial charge is 0.314 e. The van der Waals surface area contributed by atoms with Crippen molar-refractivity contribution in [3.05, 3.63) is 48.8 Å². The van der Waals surface area contributed by atoms with E-state index in [1.807, 2.05) is 36.4 Å². The topological polar surface area (TPSA) is 82.6 Å². The highest BCUT2D eigenvalue weighted by atomic mass is 16.5. The third-order valence-electron chi connectivity index (χ3n) is 4.76. The highest BCUT2D eigenvalue weighted by Crippen LogP contribution is 2.10. The third-order valence-corrected chi connectivity index (χ3v) is 4.76. The molecule has 29 heavy (non-hydrogen) atoms. The minimum absolute atomic E-state index is 0.115. The van der Waals surface area contributed by atoms with Gasteiger partial charge in [-0.25, -0.2) is 14.8 Å². The summed E-state index contributed by atoms with van der Waals surface area (Å²) in [5, 5.41) is 5.78. The second-order valence-electron chi connectivity index (χ2n) is 6.93. The first kappa shape index (κ1) is 20.9. The summed E-state index contributed by atoms with van der Waals surface area (Å²) in [6.07, 6.45) is 5.27. The normalized spacial score (nSPS) is 14.4. The minimum Gasteiger partial charge on any atom is -0.494 e. The summed E-state index contributed by atoms with van der Waals surface area (Å²) in [6.45, 7) is 6.69. The number of carbonyl (C=O) groups is 1. The summed E-state index contributed by atoms with van der Waals surface area (Å²) in [6, 6.07) is 11.4. The molecule has 1 aliphatic heterocycles. The molecule has 1 fully saturated rings. The second kappa shape index (κ2) is 11.9. The number of rotatable bonds is 10. The number of carbonyl (C=O) groups excluding carboxylic acids is 1. The second-order valence-corrected chi connectivity index (χ2v) is 6.93. The molecule has 2 N–H and O–H groups in total. The summed E-state index contributed by atoms with van der Waals surface area (Å²) in [7, 11) is 0. The Bertz CT molecular complexity index is 708. The van der Waals surface area contributed by atoms with Crippen molar-refractivity contribution in [2.75, 3.05) is 57.3 Å². The molecule has 2 heterocycles. The van der Waals surface area contributed by atoms with Crippen LogP contribution in [-0.2, 0) is 0 Å². The van der Waals surface area contributed by atoms with Gasteiger partial charge in [0.15, 0.2) is 0 Å². The summed E-state index contributed by atoms with van der Waals surface area (Å²) in [5.74, 6) is 1.66. The lowest BCUT2D eigenvalue weighted by Gasteiger charge is -2.34. The maximum absolute atomic E-state index is 11.8. The van der Waals surface area contributed by atoms with Crippen molar-refractivity contribution in [1.82, 2.24) is 25.5 Å². The molecule has 8 heteroatoms. The predicted octanol–water partition coefficient (Wildman–Crippen LogP) is 1.76. The number of piperazine rings is 1. The van der Waals surface area contributed by atoms with Crippen LogP contribution in [-0.4, -0.2) is 73.3 Å². The Hall–Kier alpha value is -2.87. The molecule has 1 saturated heterocycles. The zero-order valence-electron chi connectivity index (χ0n) is 16.8. The summed E-state index contributed by atoms with van der Waals surface area (Å²) >= 11 is 0. The fraction of sp³-hybridized carbons (Fsp3) is 0.476. The molecule has 0 atom stereocenters. The molecule has 2 amide bonds. The molecule has 0 radical (unpaired) electrons. The van der Waals surface area contributed by atoms with Crippen LogP contribution >= 0.6 is 0 Å². The number of aromatic nitrogens is 2. The molecule has 0 spiro atoms. The van der Waals surface area contributed by atoms with Crippen LogP contribution in [0.5, 0.6) is 5.75 Å². The number of benzene rings is 1. The first-order valence-corrected chi connectivity index (χ1v) is 10.2. The van der Waals surface area contributed by atoms with Crippen molar-refractivity contribution >= 4 is 12.0 Å². The summed E-state index contributed by atoms with van der Waals surface area (Å²) < 4.78 is 5.60. The van der Waals surface area contributed by atoms with E-state index in [9.17, 15) is 4.79 Å². The summed E-state index contributed by atoms with van der Waals surface area (Å²) in [5.41, 5.74) is 0. The maximum Gasteiger partial charge on any atom is 0.314 e. The molecule has 1 aromatic heterocycles. The predicted molar refractivity (Wildman–Crippen MR) is 113 cm³/mol. The summed E-state index contributed by atoms with van der Waals surface area (Å²) in [4.78, 5) is 25.1. The molecule has 0 saturated carbocycles. The van der Waals surface area contributed by atoms with Gasteiger partial charge in [-0.3, -0.25) is 4.90 Å². The van der Waals surface area contributed by atoms with E-state index in [2.05, 4.69) is 30.4 Å². The Morgan fingerprint density at radius 2 is 1.62 bits per heavy atom. The van der Waals surface area contributed by atoms with E-state index in [1.54, 1.807) is 12.4 Å². The van der Waals surface area contributed by atoms with Crippen molar-refractivity contribution in [3.8, 4) is 5.75 Å². The molecule has 0 unspecified atom stereocenters. The molecule has 0 aliphatic carbocycles. The van der Waals surface area contributed by atoms with Crippen LogP contribution in [0, 0.1) is 0 Å². The Balaban J connectivity index is 1.17. The Morgan fingerprint density at radius 1 is 0.931 bits per heavy atom. The number of hydrogen-bond acceptors (Lipinski definition) is 6. The van der Waals surface area contributed by atoms with Gasteiger partial charge in [0.05, 0.1) is 6.61 Å². The fourth-order valence-corrected chi connectivity index (χ4v) is 3.17. The zero-order valence-corrected chi connectivity index (χ0v) is 16.8. The van der Waals surface area contributed by atoms with Crippen molar-refractivity contribution < 1.29 is 9.53 Å². The molecule has 8 nitrogen and oxygen atoms in total. The van der Waals surface area contributed by atoms with Gasteiger partial charge in [-0.2, -0.15) is 0 Å². The SMILES string of the molecule is O=C(NCCCOc1ccccc1)NCCCN1CCN(c2ncccn2)CC1. The van der Waals surface area contributed by atoms with E-state index in [-0.39, 0.29) is 6.03 Å². The van der Waals surface area contributed by atoms with Gasteiger partial charge in [-0.1, -0.05) is 18.2 Å². The van der Waals surface area contributed by atoms with Crippen LogP contribution in [0.4, 0.5) is 10.7 Å². The third kappa shape index (κ3) is 7.57. The van der Waals surface area contributed by atoms with Gasteiger partial charge in [-0.15, -0.1) is 0 Å². The van der Waals surface area contributed by atoms with Crippen LogP contribution in [0.15, 0.2) is 48.8 Å². The van der Waals surface area contributed by atoms with Gasteiger partial charge >= 0.3 is 6.03 Å². The lowest BCUT2D eigenvalue weighted by molar-refractivity contribution is 0.234. The van der Waals surface area contributed by atoms with Gasteiger partial charge < -0.3 is 20.3 Å². The van der Waals surface area contributed by atoms with Gasteiger partial charge in [-0.05, 0) is 37.6 Å². The van der Waals surface area contributed by atoms with Crippen molar-refractivity contribution in [1.29, 1.82) is 0 Å². The van der Waals surface area contributed by atoms with E-state index in [0.29, 0.717) is 19.7 Å². The van der Waals surface area contributed by atoms with Crippen molar-refractivity contribution in [2.24, 2.45) is 0 Å². The lowest BCUT2D eigenvalue weighted by atomic mass is 10.3. The van der Waals surface area contributed by atoms with Crippen LogP contribution in [0.2, 0.25) is 0 Å². The van der Waals surface area contributed by atoms with Gasteiger partial charge in [0.2, 0.25) is 5.95 Å². The molecule has 156 valence electrons. The minimum atomic E-state index is -0.115. The van der Waals surface area contributed by atoms with Crippen LogP contribution in [0.1, 0.15) is 12.8 Å². The molecule has 0 bridgehead atoms. The molecular weight excluding hydrogens is 368 g/mol. The maximum atomic E-state index is 11.8. The highest BCUT2D eigenvalue weighted by molar-refractivity contribution is 5.73. The number of urea groups is 1. The number of hydrogen-bond donors (Lipinski definition) is 2. The van der Waals surface area contributed by atoms with E-state index in [0.717, 1.165) is 57.3 Å². The monoisotopic (exact) mass is 398 g/mol. The first-order valence-electron chi connectivity index (χ1n) is 10.2. The number of ether oxygens (including phenoxy) is 1. The quantitative estimate of drug-likeness (QED) is 0.594. The first-order chi connectivity index (χ1) is 14.3. The average Bonchev–Trinajstić information content (AvgIpc) is 2.78. The Morgan fingerprint density at radius 3 is 2.34 bits per heavy atom. The van der Waals surface area contributed by atoms with Crippen LogP contribution in [0.3, 0.4) is 0 Å². The zero-order chi connectivity index (χ0) is 20.2. The van der Waals surface area contributed by atoms with Gasteiger partial charge in [0.25, 0.3) is 0 Å². The highest BCUT2D eigenvalue weighted by Gasteiger charge is 2.18. The Kier molecular flexibility index (Phi) is 8.53. The Labute approximate surface area is 172 Å². The number of para-hydroxylation sites is 1. The van der Waals surface area contributed by atoms with E-state index >= 15 is 0 Å². The van der Waals surface area contributed by atoms with Crippen molar-refractivity contribution in [3.63, 3.8) is 0 Å². The van der Waals surface area contributed by atoms with E-state index in [4.69, 9.17) is 4.74 Å². The van der Waals surface area contributed by atoms with E-state index < -0.39 is 0 Å². The molecular formula is C21H30N6O2. The fourth-order valence-electron chi connectivity index (χ4n) is 3.17. The molecule has 2 aromatic rings. The van der Waals surface area contributed by atoms with Gasteiger partial charge in [0.1, 0.15) is 5.75 Å². The molecule has 1 aromatic carbocycles.